The van der Waals surface area contributed by atoms with Gasteiger partial charge in [0.2, 0.25) is 5.75 Å². The Morgan fingerprint density at radius 2 is 2.33 bits per heavy atom. The predicted octanol–water partition coefficient (Wildman–Crippen LogP) is 0.989. The molecule has 1 aliphatic rings. The minimum absolute atomic E-state index is 0.248. The summed E-state index contributed by atoms with van der Waals surface area (Å²) < 4.78 is 5.00. The molecule has 0 amide bonds. The maximum Gasteiger partial charge on any atom is 0.295 e. The molecular formula is C10H15N3O2. The fraction of sp³-hybridized carbons (Fsp3) is 0.600. The van der Waals surface area contributed by atoms with E-state index in [2.05, 4.69) is 22.2 Å². The van der Waals surface area contributed by atoms with Crippen LogP contribution in [0.3, 0.4) is 0 Å². The summed E-state index contributed by atoms with van der Waals surface area (Å²) >= 11 is 0. The third-order valence-corrected chi connectivity index (χ3v) is 2.73. The van der Waals surface area contributed by atoms with E-state index in [4.69, 9.17) is 4.74 Å². The van der Waals surface area contributed by atoms with Crippen LogP contribution in [0.4, 0.5) is 5.82 Å². The lowest BCUT2D eigenvalue weighted by Crippen LogP contribution is -2.34. The molecule has 1 fully saturated rings. The standard InChI is InChI=1S/C10H15N3O2/c1-6-3-7(4-6)13-9-8(15-2)10(14)12-5-11-9/h5-7H,3-4H2,1-2H3,(H2,11,12,13,14). The third kappa shape index (κ3) is 1.95. The van der Waals surface area contributed by atoms with E-state index in [1.54, 1.807) is 0 Å². The molecule has 15 heavy (non-hydrogen) atoms. The first-order chi connectivity index (χ1) is 7.20. The first-order valence-electron chi connectivity index (χ1n) is 5.09. The molecule has 0 saturated heterocycles. The van der Waals surface area contributed by atoms with Crippen molar-refractivity contribution >= 4 is 5.82 Å². The molecule has 1 heterocycles. The molecule has 5 heteroatoms. The summed E-state index contributed by atoms with van der Waals surface area (Å²) in [5.41, 5.74) is -0.248. The SMILES string of the molecule is COc1c(NC2CC(C)C2)nc[nH]c1=O. The minimum atomic E-state index is -0.248. The van der Waals surface area contributed by atoms with Crippen LogP contribution in [0.1, 0.15) is 19.8 Å². The molecule has 0 unspecified atom stereocenters. The zero-order valence-corrected chi connectivity index (χ0v) is 8.91. The van der Waals surface area contributed by atoms with Crippen molar-refractivity contribution < 1.29 is 4.74 Å². The highest BCUT2D eigenvalue weighted by molar-refractivity contribution is 5.48. The van der Waals surface area contributed by atoms with E-state index in [-0.39, 0.29) is 11.3 Å². The Morgan fingerprint density at radius 1 is 1.60 bits per heavy atom. The van der Waals surface area contributed by atoms with Crippen LogP contribution in [0, 0.1) is 5.92 Å². The molecule has 2 rings (SSSR count). The molecule has 82 valence electrons. The van der Waals surface area contributed by atoms with Gasteiger partial charge in [0.25, 0.3) is 5.56 Å². The highest BCUT2D eigenvalue weighted by Gasteiger charge is 2.26. The predicted molar refractivity (Wildman–Crippen MR) is 57.2 cm³/mol. The van der Waals surface area contributed by atoms with Crippen molar-refractivity contribution in [3.05, 3.63) is 16.7 Å². The maximum absolute atomic E-state index is 11.4. The highest BCUT2D eigenvalue weighted by atomic mass is 16.5. The number of anilines is 1. The Balaban J connectivity index is 2.14. The van der Waals surface area contributed by atoms with E-state index in [9.17, 15) is 4.79 Å². The lowest BCUT2D eigenvalue weighted by molar-refractivity contribution is 0.307. The summed E-state index contributed by atoms with van der Waals surface area (Å²) in [5.74, 6) is 1.56. The summed E-state index contributed by atoms with van der Waals surface area (Å²) in [4.78, 5) is 17.9. The van der Waals surface area contributed by atoms with Crippen molar-refractivity contribution in [3.8, 4) is 5.75 Å². The molecule has 1 aromatic heterocycles. The Labute approximate surface area is 87.9 Å². The van der Waals surface area contributed by atoms with Gasteiger partial charge in [-0.1, -0.05) is 6.92 Å². The Hall–Kier alpha value is -1.52. The number of rotatable bonds is 3. The zero-order chi connectivity index (χ0) is 10.8. The van der Waals surface area contributed by atoms with E-state index in [1.165, 1.54) is 13.4 Å². The molecule has 1 aromatic rings. The average molecular weight is 209 g/mol. The Bertz CT molecular complexity index is 396. The lowest BCUT2D eigenvalue weighted by Gasteiger charge is -2.33. The second kappa shape index (κ2) is 3.92. The van der Waals surface area contributed by atoms with Crippen LogP contribution < -0.4 is 15.6 Å². The number of hydrogen-bond donors (Lipinski definition) is 2. The zero-order valence-electron chi connectivity index (χ0n) is 8.91. The minimum Gasteiger partial charge on any atom is -0.489 e. The van der Waals surface area contributed by atoms with Gasteiger partial charge in [-0.05, 0) is 18.8 Å². The van der Waals surface area contributed by atoms with Crippen molar-refractivity contribution in [1.29, 1.82) is 0 Å². The van der Waals surface area contributed by atoms with Crippen LogP contribution in [0.25, 0.3) is 0 Å². The van der Waals surface area contributed by atoms with E-state index in [1.807, 2.05) is 0 Å². The molecule has 0 bridgehead atoms. The van der Waals surface area contributed by atoms with Gasteiger partial charge >= 0.3 is 0 Å². The van der Waals surface area contributed by atoms with Gasteiger partial charge in [0.15, 0.2) is 5.82 Å². The topological polar surface area (TPSA) is 67.0 Å². The van der Waals surface area contributed by atoms with Gasteiger partial charge in [-0.2, -0.15) is 0 Å². The molecular weight excluding hydrogens is 194 g/mol. The summed E-state index contributed by atoms with van der Waals surface area (Å²) in [6, 6.07) is 0.420. The molecule has 0 aliphatic heterocycles. The fourth-order valence-electron chi connectivity index (χ4n) is 1.89. The highest BCUT2D eigenvalue weighted by Crippen LogP contribution is 2.30. The van der Waals surface area contributed by atoms with Crippen LogP contribution in [0.5, 0.6) is 5.75 Å². The van der Waals surface area contributed by atoms with Gasteiger partial charge < -0.3 is 15.0 Å². The van der Waals surface area contributed by atoms with Crippen LogP contribution >= 0.6 is 0 Å². The number of aromatic nitrogens is 2. The monoisotopic (exact) mass is 209 g/mol. The van der Waals surface area contributed by atoms with E-state index < -0.39 is 0 Å². The van der Waals surface area contributed by atoms with Crippen molar-refractivity contribution in [3.63, 3.8) is 0 Å². The van der Waals surface area contributed by atoms with Crippen molar-refractivity contribution in [2.45, 2.75) is 25.8 Å². The molecule has 0 spiro atoms. The maximum atomic E-state index is 11.4. The first kappa shape index (κ1) is 10.0. The normalized spacial score (nSPS) is 24.4. The summed E-state index contributed by atoms with van der Waals surface area (Å²) in [6.07, 6.45) is 3.63. The number of aromatic amines is 1. The fourth-order valence-corrected chi connectivity index (χ4v) is 1.89. The van der Waals surface area contributed by atoms with E-state index >= 15 is 0 Å². The second-order valence-electron chi connectivity index (χ2n) is 4.03. The van der Waals surface area contributed by atoms with Gasteiger partial charge in [0, 0.05) is 6.04 Å². The van der Waals surface area contributed by atoms with Crippen LogP contribution in [0.2, 0.25) is 0 Å². The number of hydrogen-bond acceptors (Lipinski definition) is 4. The van der Waals surface area contributed by atoms with Gasteiger partial charge in [-0.15, -0.1) is 0 Å². The molecule has 2 N–H and O–H groups in total. The number of nitrogens with one attached hydrogen (secondary N) is 2. The summed E-state index contributed by atoms with van der Waals surface area (Å²) in [5, 5.41) is 3.21. The number of nitrogens with zero attached hydrogens (tertiary/aromatic N) is 1. The quantitative estimate of drug-likeness (QED) is 0.779. The second-order valence-corrected chi connectivity index (χ2v) is 4.03. The summed E-state index contributed by atoms with van der Waals surface area (Å²) in [6.45, 7) is 2.21. The van der Waals surface area contributed by atoms with Crippen molar-refractivity contribution in [2.75, 3.05) is 12.4 Å². The smallest absolute Gasteiger partial charge is 0.295 e. The van der Waals surface area contributed by atoms with Crippen LogP contribution in [0.15, 0.2) is 11.1 Å². The molecule has 0 aromatic carbocycles. The number of H-pyrrole nitrogens is 1. The molecule has 0 radical (unpaired) electrons. The van der Waals surface area contributed by atoms with E-state index in [0.717, 1.165) is 18.8 Å². The summed E-state index contributed by atoms with van der Waals surface area (Å²) in [7, 11) is 1.47. The average Bonchev–Trinajstić information content (AvgIpc) is 2.16. The number of methoxy groups -OCH3 is 1. The van der Waals surface area contributed by atoms with E-state index in [0.29, 0.717) is 11.9 Å². The van der Waals surface area contributed by atoms with Crippen molar-refractivity contribution in [2.24, 2.45) is 5.92 Å². The Morgan fingerprint density at radius 3 is 2.93 bits per heavy atom. The molecule has 5 nitrogen and oxygen atoms in total. The molecule has 1 saturated carbocycles. The van der Waals surface area contributed by atoms with Gasteiger partial charge in [0.1, 0.15) is 0 Å². The molecule has 0 atom stereocenters. The third-order valence-electron chi connectivity index (χ3n) is 2.73. The van der Waals surface area contributed by atoms with Crippen LogP contribution in [-0.4, -0.2) is 23.1 Å². The Kier molecular flexibility index (Phi) is 2.62. The number of ether oxygens (including phenoxy) is 1. The van der Waals surface area contributed by atoms with Crippen LogP contribution in [-0.2, 0) is 0 Å². The lowest BCUT2D eigenvalue weighted by atomic mass is 9.82. The van der Waals surface area contributed by atoms with Gasteiger partial charge in [-0.3, -0.25) is 4.79 Å². The van der Waals surface area contributed by atoms with Gasteiger partial charge in [0.05, 0.1) is 13.4 Å². The van der Waals surface area contributed by atoms with Gasteiger partial charge in [-0.25, -0.2) is 4.98 Å². The first-order valence-corrected chi connectivity index (χ1v) is 5.09. The molecule has 1 aliphatic carbocycles. The van der Waals surface area contributed by atoms with Crippen molar-refractivity contribution in [1.82, 2.24) is 9.97 Å². The largest absolute Gasteiger partial charge is 0.489 e.